The van der Waals surface area contributed by atoms with Crippen LogP contribution in [0.4, 0.5) is 0 Å². The van der Waals surface area contributed by atoms with E-state index in [-0.39, 0.29) is 17.5 Å². The minimum atomic E-state index is -2.99. The molecule has 2 aromatic carbocycles. The van der Waals surface area contributed by atoms with E-state index in [0.717, 1.165) is 11.3 Å². The maximum absolute atomic E-state index is 12.1. The zero-order valence-corrected chi connectivity index (χ0v) is 18.1. The normalized spacial score (nSPS) is 18.3. The number of halogens is 1. The molecule has 0 unspecified atom stereocenters. The fourth-order valence-corrected chi connectivity index (χ4v) is 5.79. The number of aromatic nitrogens is 3. The summed E-state index contributed by atoms with van der Waals surface area (Å²) in [6, 6.07) is 17.4. The summed E-state index contributed by atoms with van der Waals surface area (Å²) in [6.45, 7) is 1.05. The van der Waals surface area contributed by atoms with E-state index in [1.165, 1.54) is 0 Å². The lowest BCUT2D eigenvalue weighted by Crippen LogP contribution is -2.37. The smallest absolute Gasteiger partial charge is 0.203 e. The third-order valence-corrected chi connectivity index (χ3v) is 7.48. The maximum Gasteiger partial charge on any atom is 0.203 e. The highest BCUT2D eigenvalue weighted by molar-refractivity contribution is 7.91. The quantitative estimate of drug-likeness (QED) is 0.538. The van der Waals surface area contributed by atoms with Crippen molar-refractivity contribution in [3.63, 3.8) is 0 Å². The number of sulfone groups is 1. The van der Waals surface area contributed by atoms with E-state index in [0.29, 0.717) is 29.4 Å². The first-order chi connectivity index (χ1) is 13.9. The van der Waals surface area contributed by atoms with Gasteiger partial charge in [-0.15, -0.1) is 0 Å². The molecule has 0 N–H and O–H groups in total. The molecule has 2 heterocycles. The molecule has 1 aliphatic heterocycles. The Hall–Kier alpha value is -2.00. The van der Waals surface area contributed by atoms with Gasteiger partial charge in [0.25, 0.3) is 0 Å². The third-order valence-electron chi connectivity index (χ3n) is 5.09. The van der Waals surface area contributed by atoms with Crippen LogP contribution in [-0.2, 0) is 23.1 Å². The van der Waals surface area contributed by atoms with Gasteiger partial charge < -0.3 is 0 Å². The van der Waals surface area contributed by atoms with E-state index < -0.39 is 9.84 Å². The average Bonchev–Trinajstić information content (AvgIpc) is 3.24. The van der Waals surface area contributed by atoms with E-state index in [9.17, 15) is 8.42 Å². The lowest BCUT2D eigenvalue weighted by Gasteiger charge is -2.27. The summed E-state index contributed by atoms with van der Waals surface area (Å²) in [6.07, 6.45) is 2.29. The minimum absolute atomic E-state index is 0.0570. The molecule has 1 aliphatic rings. The molecule has 6 nitrogen and oxygen atoms in total. The van der Waals surface area contributed by atoms with Gasteiger partial charge in [0.1, 0.15) is 6.33 Å². The molecule has 3 aromatic rings. The van der Waals surface area contributed by atoms with Gasteiger partial charge in [0.05, 0.1) is 23.9 Å². The molecule has 9 heteroatoms. The van der Waals surface area contributed by atoms with Crippen molar-refractivity contribution >= 4 is 33.7 Å². The minimum Gasteiger partial charge on any atom is -0.276 e. The summed E-state index contributed by atoms with van der Waals surface area (Å²) in [5, 5.41) is 5.08. The molecule has 0 spiro atoms. The Morgan fingerprint density at radius 2 is 1.97 bits per heavy atom. The van der Waals surface area contributed by atoms with Crippen molar-refractivity contribution in [2.45, 2.75) is 25.7 Å². The third kappa shape index (κ3) is 4.78. The van der Waals surface area contributed by atoms with Gasteiger partial charge in [0.2, 0.25) is 4.77 Å². The van der Waals surface area contributed by atoms with E-state index in [1.54, 1.807) is 21.6 Å². The van der Waals surface area contributed by atoms with E-state index in [2.05, 4.69) is 10.00 Å². The topological polar surface area (TPSA) is 60.1 Å². The first-order valence-corrected chi connectivity index (χ1v) is 11.9. The number of hydrogen-bond donors (Lipinski definition) is 0. The summed E-state index contributed by atoms with van der Waals surface area (Å²) in [5.41, 5.74) is 1.96. The van der Waals surface area contributed by atoms with E-state index in [1.807, 2.05) is 48.5 Å². The summed E-state index contributed by atoms with van der Waals surface area (Å²) in [4.78, 5) is 2.14. The predicted molar refractivity (Wildman–Crippen MR) is 116 cm³/mol. The molecule has 1 saturated heterocycles. The van der Waals surface area contributed by atoms with Crippen LogP contribution >= 0.6 is 23.8 Å². The standard InChI is InChI=1S/C20H21ClN4O2S2/c21-17-7-4-8-18(11-17)24-14-22-25(20(24)28)15-23(12-16-5-2-1-3-6-16)19-9-10-29(26,27)13-19/h1-8,11,14,19H,9-10,12-13,15H2/t19-/m1/s1. The van der Waals surface area contributed by atoms with Gasteiger partial charge in [-0.05, 0) is 42.4 Å². The SMILES string of the molecule is O=S1(=O)CC[C@@H](N(Cc2ccccc2)Cn2ncn(-c3cccc(Cl)c3)c2=S)C1. The van der Waals surface area contributed by atoms with Crippen LogP contribution in [0.5, 0.6) is 0 Å². The first kappa shape index (κ1) is 20.3. The van der Waals surface area contributed by atoms with Gasteiger partial charge in [0, 0.05) is 17.6 Å². The van der Waals surface area contributed by atoms with E-state index >= 15 is 0 Å². The van der Waals surface area contributed by atoms with Crippen molar-refractivity contribution in [2.75, 3.05) is 11.5 Å². The monoisotopic (exact) mass is 448 g/mol. The summed E-state index contributed by atoms with van der Waals surface area (Å²) >= 11 is 11.7. The Kier molecular flexibility index (Phi) is 5.87. The average molecular weight is 449 g/mol. The highest BCUT2D eigenvalue weighted by atomic mass is 35.5. The summed E-state index contributed by atoms with van der Waals surface area (Å²) in [5.74, 6) is 0.396. The van der Waals surface area contributed by atoms with Crippen LogP contribution in [-0.4, -0.2) is 45.2 Å². The van der Waals surface area contributed by atoms with Crippen LogP contribution in [0.15, 0.2) is 60.9 Å². The number of hydrogen-bond acceptors (Lipinski definition) is 5. The summed E-state index contributed by atoms with van der Waals surface area (Å²) < 4.78 is 28.2. The molecule has 0 bridgehead atoms. The number of benzene rings is 2. The fraction of sp³-hybridized carbons (Fsp3) is 0.300. The van der Waals surface area contributed by atoms with Gasteiger partial charge >= 0.3 is 0 Å². The second-order valence-corrected chi connectivity index (χ2v) is 10.2. The Morgan fingerprint density at radius 3 is 2.66 bits per heavy atom. The molecular formula is C20H21ClN4O2S2. The second-order valence-electron chi connectivity index (χ2n) is 7.19. The van der Waals surface area contributed by atoms with Crippen LogP contribution in [0.2, 0.25) is 5.02 Å². The number of rotatable bonds is 6. The van der Waals surface area contributed by atoms with Crippen LogP contribution in [0.3, 0.4) is 0 Å². The van der Waals surface area contributed by atoms with Crippen molar-refractivity contribution in [1.82, 2.24) is 19.2 Å². The van der Waals surface area contributed by atoms with Gasteiger partial charge in [0.15, 0.2) is 9.84 Å². The molecule has 29 heavy (non-hydrogen) atoms. The Bertz CT molecular complexity index is 1160. The molecule has 1 aromatic heterocycles. The number of nitrogens with zero attached hydrogens (tertiary/aromatic N) is 4. The lowest BCUT2D eigenvalue weighted by molar-refractivity contribution is 0.146. The molecule has 0 saturated carbocycles. The van der Waals surface area contributed by atoms with Crippen LogP contribution in [0.1, 0.15) is 12.0 Å². The van der Waals surface area contributed by atoms with Gasteiger partial charge in [-0.1, -0.05) is 48.0 Å². The molecule has 0 aliphatic carbocycles. The molecule has 0 amide bonds. The predicted octanol–water partition coefficient (Wildman–Crippen LogP) is 3.70. The molecule has 0 radical (unpaired) electrons. The van der Waals surface area contributed by atoms with Crippen LogP contribution < -0.4 is 0 Å². The Morgan fingerprint density at radius 1 is 1.17 bits per heavy atom. The summed E-state index contributed by atoms with van der Waals surface area (Å²) in [7, 11) is -2.99. The van der Waals surface area contributed by atoms with Crippen molar-refractivity contribution in [2.24, 2.45) is 0 Å². The second kappa shape index (κ2) is 8.39. The van der Waals surface area contributed by atoms with Gasteiger partial charge in [-0.25, -0.2) is 13.1 Å². The largest absolute Gasteiger partial charge is 0.276 e. The fourth-order valence-electron chi connectivity index (χ4n) is 3.59. The molecule has 1 atom stereocenters. The zero-order valence-electron chi connectivity index (χ0n) is 15.7. The maximum atomic E-state index is 12.1. The van der Waals surface area contributed by atoms with Crippen LogP contribution in [0.25, 0.3) is 5.69 Å². The Balaban J connectivity index is 1.62. The van der Waals surface area contributed by atoms with Gasteiger partial charge in [-0.3, -0.25) is 9.47 Å². The lowest BCUT2D eigenvalue weighted by atomic mass is 10.1. The molecule has 4 rings (SSSR count). The molecule has 152 valence electrons. The van der Waals surface area contributed by atoms with E-state index in [4.69, 9.17) is 23.8 Å². The highest BCUT2D eigenvalue weighted by Gasteiger charge is 2.32. The van der Waals surface area contributed by atoms with Crippen molar-refractivity contribution < 1.29 is 8.42 Å². The van der Waals surface area contributed by atoms with Gasteiger partial charge in [-0.2, -0.15) is 5.10 Å². The van der Waals surface area contributed by atoms with Crippen molar-refractivity contribution in [3.8, 4) is 5.69 Å². The Labute approximate surface area is 180 Å². The zero-order chi connectivity index (χ0) is 20.4. The highest BCUT2D eigenvalue weighted by Crippen LogP contribution is 2.21. The van der Waals surface area contributed by atoms with Crippen LogP contribution in [0, 0.1) is 4.77 Å². The van der Waals surface area contributed by atoms with Crippen molar-refractivity contribution in [3.05, 3.63) is 76.3 Å². The van der Waals surface area contributed by atoms with Crippen molar-refractivity contribution in [1.29, 1.82) is 0 Å². The molecular weight excluding hydrogens is 428 g/mol. The first-order valence-electron chi connectivity index (χ1n) is 9.30. The molecule has 1 fully saturated rings.